The molecule has 3 rings (SSSR count). The molecule has 25 heavy (non-hydrogen) atoms. The Morgan fingerprint density at radius 1 is 1.16 bits per heavy atom. The van der Waals surface area contributed by atoms with E-state index < -0.39 is 23.0 Å². The Bertz CT molecular complexity index is 926. The van der Waals surface area contributed by atoms with Crippen molar-refractivity contribution >= 4 is 28.5 Å². The molecule has 1 atom stereocenters. The molecule has 0 amide bonds. The Morgan fingerprint density at radius 2 is 1.84 bits per heavy atom. The van der Waals surface area contributed by atoms with Gasteiger partial charge < -0.3 is 5.32 Å². The van der Waals surface area contributed by atoms with Crippen molar-refractivity contribution in [1.82, 2.24) is 15.2 Å². The first-order valence-corrected chi connectivity index (χ1v) is 8.02. The molecule has 0 saturated carbocycles. The predicted molar refractivity (Wildman–Crippen MR) is 91.0 cm³/mol. The zero-order valence-corrected chi connectivity index (χ0v) is 14.2. The third kappa shape index (κ3) is 3.24. The number of benzene rings is 1. The topological polar surface area (TPSA) is 50.7 Å². The largest absolute Gasteiger partial charge is 0.367 e. The quantitative estimate of drug-likeness (QED) is 0.708. The van der Waals surface area contributed by atoms with Crippen LogP contribution in [-0.2, 0) is 0 Å². The Hall–Kier alpha value is -2.41. The van der Waals surface area contributed by atoms with Crippen molar-refractivity contribution in [3.05, 3.63) is 46.9 Å². The van der Waals surface area contributed by atoms with Gasteiger partial charge in [-0.25, -0.2) is 18.2 Å². The standard InChI is InChI=1S/C17H14ClF3N4/c1-3-8(2)23-17-14(13-10(20)6-9(19)7-11(13)21)15(18)16-12(24-17)4-5-22-25-16/h4-8H,3H2,1-2H3,(H,23,24). The van der Waals surface area contributed by atoms with Crippen LogP contribution in [0.15, 0.2) is 24.4 Å². The van der Waals surface area contributed by atoms with Gasteiger partial charge in [-0.15, -0.1) is 5.10 Å². The third-order valence-corrected chi connectivity index (χ3v) is 4.22. The van der Waals surface area contributed by atoms with Crippen LogP contribution in [0.25, 0.3) is 22.2 Å². The number of rotatable bonds is 4. The van der Waals surface area contributed by atoms with Gasteiger partial charge in [0.25, 0.3) is 0 Å². The van der Waals surface area contributed by atoms with Crippen molar-refractivity contribution in [3.8, 4) is 11.1 Å². The lowest BCUT2D eigenvalue weighted by molar-refractivity contribution is 0.548. The maximum absolute atomic E-state index is 14.3. The molecule has 0 aliphatic rings. The van der Waals surface area contributed by atoms with Gasteiger partial charge in [0.1, 0.15) is 28.8 Å². The molecule has 0 spiro atoms. The second-order valence-electron chi connectivity index (χ2n) is 5.61. The van der Waals surface area contributed by atoms with Crippen molar-refractivity contribution in [2.45, 2.75) is 26.3 Å². The molecule has 130 valence electrons. The highest BCUT2D eigenvalue weighted by Gasteiger charge is 2.24. The number of aromatic nitrogens is 3. The van der Waals surface area contributed by atoms with E-state index >= 15 is 0 Å². The number of halogens is 4. The number of anilines is 1. The first kappa shape index (κ1) is 17.4. The molecule has 2 aromatic heterocycles. The number of nitrogens with zero attached hydrogens (tertiary/aromatic N) is 3. The van der Waals surface area contributed by atoms with E-state index in [0.717, 1.165) is 6.42 Å². The van der Waals surface area contributed by atoms with Crippen LogP contribution in [0, 0.1) is 17.5 Å². The molecular formula is C17H14ClF3N4. The second kappa shape index (κ2) is 6.84. The summed E-state index contributed by atoms with van der Waals surface area (Å²) in [5.74, 6) is -2.96. The number of nitrogens with one attached hydrogen (secondary N) is 1. The Morgan fingerprint density at radius 3 is 2.48 bits per heavy atom. The fourth-order valence-corrected chi connectivity index (χ4v) is 2.74. The minimum Gasteiger partial charge on any atom is -0.367 e. The van der Waals surface area contributed by atoms with Crippen molar-refractivity contribution in [3.63, 3.8) is 0 Å². The maximum Gasteiger partial charge on any atom is 0.137 e. The van der Waals surface area contributed by atoms with E-state index in [-0.39, 0.29) is 28.0 Å². The molecule has 2 heterocycles. The van der Waals surface area contributed by atoms with Crippen LogP contribution in [0.4, 0.5) is 19.0 Å². The van der Waals surface area contributed by atoms with Crippen LogP contribution in [0.5, 0.6) is 0 Å². The monoisotopic (exact) mass is 366 g/mol. The summed E-state index contributed by atoms with van der Waals surface area (Å²) >= 11 is 6.38. The molecule has 0 aliphatic carbocycles. The van der Waals surface area contributed by atoms with Crippen LogP contribution < -0.4 is 5.32 Å². The molecule has 1 unspecified atom stereocenters. The van der Waals surface area contributed by atoms with Crippen molar-refractivity contribution < 1.29 is 13.2 Å². The average molecular weight is 367 g/mol. The molecule has 0 fully saturated rings. The Kier molecular flexibility index (Phi) is 4.76. The second-order valence-corrected chi connectivity index (χ2v) is 5.99. The zero-order valence-electron chi connectivity index (χ0n) is 13.4. The summed E-state index contributed by atoms with van der Waals surface area (Å²) in [6, 6.07) is 2.77. The summed E-state index contributed by atoms with van der Waals surface area (Å²) in [5, 5.41) is 10.7. The van der Waals surface area contributed by atoms with Gasteiger partial charge in [0.05, 0.1) is 27.9 Å². The highest BCUT2D eigenvalue weighted by molar-refractivity contribution is 6.38. The van der Waals surface area contributed by atoms with Crippen LogP contribution in [-0.4, -0.2) is 21.2 Å². The fraction of sp³-hybridized carbons (Fsp3) is 0.235. The first-order valence-electron chi connectivity index (χ1n) is 7.64. The van der Waals surface area contributed by atoms with Gasteiger partial charge in [-0.1, -0.05) is 18.5 Å². The van der Waals surface area contributed by atoms with Gasteiger partial charge in [0.2, 0.25) is 0 Å². The first-order chi connectivity index (χ1) is 11.9. The molecule has 1 N–H and O–H groups in total. The lowest BCUT2D eigenvalue weighted by atomic mass is 10.0. The molecular weight excluding hydrogens is 353 g/mol. The normalized spacial score (nSPS) is 12.4. The van der Waals surface area contributed by atoms with E-state index in [2.05, 4.69) is 20.5 Å². The Balaban J connectivity index is 2.36. The summed E-state index contributed by atoms with van der Waals surface area (Å²) in [5.41, 5.74) is 0.164. The fourth-order valence-electron chi connectivity index (χ4n) is 2.42. The molecule has 4 nitrogen and oxygen atoms in total. The van der Waals surface area contributed by atoms with E-state index in [4.69, 9.17) is 11.6 Å². The molecule has 0 aliphatic heterocycles. The Labute approximate surface area is 147 Å². The molecule has 0 saturated heterocycles. The van der Waals surface area contributed by atoms with Gasteiger partial charge in [0, 0.05) is 18.2 Å². The molecule has 8 heteroatoms. The van der Waals surface area contributed by atoms with Gasteiger partial charge in [-0.3, -0.25) is 0 Å². The summed E-state index contributed by atoms with van der Waals surface area (Å²) < 4.78 is 42.0. The van der Waals surface area contributed by atoms with E-state index in [9.17, 15) is 13.2 Å². The van der Waals surface area contributed by atoms with Crippen molar-refractivity contribution in [1.29, 1.82) is 0 Å². The third-order valence-electron chi connectivity index (χ3n) is 3.85. The minimum absolute atomic E-state index is 0.00619. The average Bonchev–Trinajstić information content (AvgIpc) is 2.56. The van der Waals surface area contributed by atoms with Crippen molar-refractivity contribution in [2.75, 3.05) is 5.32 Å². The van der Waals surface area contributed by atoms with E-state index in [0.29, 0.717) is 17.6 Å². The van der Waals surface area contributed by atoms with Gasteiger partial charge in [-0.2, -0.15) is 5.10 Å². The van der Waals surface area contributed by atoms with Gasteiger partial charge >= 0.3 is 0 Å². The van der Waals surface area contributed by atoms with Gasteiger partial charge in [-0.05, 0) is 19.4 Å². The zero-order chi connectivity index (χ0) is 18.1. The summed E-state index contributed by atoms with van der Waals surface area (Å²) in [6.45, 7) is 3.84. The van der Waals surface area contributed by atoms with Crippen LogP contribution >= 0.6 is 11.6 Å². The van der Waals surface area contributed by atoms with Gasteiger partial charge in [0.15, 0.2) is 0 Å². The van der Waals surface area contributed by atoms with E-state index in [1.54, 1.807) is 6.07 Å². The minimum atomic E-state index is -1.07. The summed E-state index contributed by atoms with van der Waals surface area (Å²) in [6.07, 6.45) is 2.19. The maximum atomic E-state index is 14.3. The highest BCUT2D eigenvalue weighted by atomic mass is 35.5. The number of hydrogen-bond donors (Lipinski definition) is 1. The lowest BCUT2D eigenvalue weighted by Gasteiger charge is -2.18. The van der Waals surface area contributed by atoms with Crippen LogP contribution in [0.1, 0.15) is 20.3 Å². The molecule has 3 aromatic rings. The van der Waals surface area contributed by atoms with Crippen LogP contribution in [0.3, 0.4) is 0 Å². The summed E-state index contributed by atoms with van der Waals surface area (Å²) in [4.78, 5) is 4.38. The van der Waals surface area contributed by atoms with Crippen LogP contribution in [0.2, 0.25) is 5.02 Å². The SMILES string of the molecule is CCC(C)Nc1nc2ccnnc2c(Cl)c1-c1c(F)cc(F)cc1F. The number of hydrogen-bond acceptors (Lipinski definition) is 4. The number of pyridine rings is 1. The summed E-state index contributed by atoms with van der Waals surface area (Å²) in [7, 11) is 0. The smallest absolute Gasteiger partial charge is 0.137 e. The molecule has 0 radical (unpaired) electrons. The van der Waals surface area contributed by atoms with E-state index in [1.807, 2.05) is 13.8 Å². The number of fused-ring (bicyclic) bond motifs is 1. The predicted octanol–water partition coefficient (Wildman–Crippen LogP) is 4.97. The van der Waals surface area contributed by atoms with E-state index in [1.165, 1.54) is 6.20 Å². The highest BCUT2D eigenvalue weighted by Crippen LogP contribution is 2.40. The van der Waals surface area contributed by atoms with Crippen molar-refractivity contribution in [2.24, 2.45) is 0 Å². The molecule has 1 aromatic carbocycles. The lowest BCUT2D eigenvalue weighted by Crippen LogP contribution is -2.16. The molecule has 0 bridgehead atoms.